The van der Waals surface area contributed by atoms with Crippen molar-refractivity contribution in [3.05, 3.63) is 109 Å². The van der Waals surface area contributed by atoms with Gasteiger partial charge in [0, 0.05) is 19.3 Å². The van der Waals surface area contributed by atoms with E-state index in [-0.39, 0.29) is 31.1 Å². The molecular formula is C76H130O6. The molecule has 1 atom stereocenters. The molecule has 0 aromatic heterocycles. The first kappa shape index (κ1) is 78.1. The van der Waals surface area contributed by atoms with E-state index in [1.54, 1.807) is 0 Å². The minimum atomic E-state index is -0.796. The van der Waals surface area contributed by atoms with Crippen molar-refractivity contribution in [3.8, 4) is 0 Å². The van der Waals surface area contributed by atoms with Crippen LogP contribution in [0.25, 0.3) is 0 Å². The Labute approximate surface area is 508 Å². The van der Waals surface area contributed by atoms with Gasteiger partial charge in [-0.15, -0.1) is 0 Å². The van der Waals surface area contributed by atoms with Crippen LogP contribution in [0.5, 0.6) is 0 Å². The van der Waals surface area contributed by atoms with E-state index in [0.717, 1.165) is 116 Å². The summed E-state index contributed by atoms with van der Waals surface area (Å²) in [7, 11) is 0. The Kier molecular flexibility index (Phi) is 66.2. The van der Waals surface area contributed by atoms with Gasteiger partial charge in [-0.1, -0.05) is 297 Å². The number of ether oxygens (including phenoxy) is 3. The molecule has 0 bridgehead atoms. The Balaban J connectivity index is 4.44. The second-order valence-electron chi connectivity index (χ2n) is 23.1. The molecule has 1 unspecified atom stereocenters. The maximum absolute atomic E-state index is 13.0. The van der Waals surface area contributed by atoms with E-state index in [1.165, 1.54) is 180 Å². The van der Waals surface area contributed by atoms with Crippen molar-refractivity contribution in [2.24, 2.45) is 0 Å². The number of carbonyl (C=O) groups excluding carboxylic acids is 3. The highest BCUT2D eigenvalue weighted by atomic mass is 16.6. The van der Waals surface area contributed by atoms with Crippen LogP contribution in [0.1, 0.15) is 335 Å². The van der Waals surface area contributed by atoms with Gasteiger partial charge in [-0.3, -0.25) is 14.4 Å². The van der Waals surface area contributed by atoms with E-state index in [9.17, 15) is 14.4 Å². The van der Waals surface area contributed by atoms with Crippen molar-refractivity contribution in [1.29, 1.82) is 0 Å². The van der Waals surface area contributed by atoms with Crippen molar-refractivity contribution in [1.82, 2.24) is 0 Å². The van der Waals surface area contributed by atoms with Crippen LogP contribution in [-0.4, -0.2) is 37.2 Å². The highest BCUT2D eigenvalue weighted by Crippen LogP contribution is 2.16. The predicted octanol–water partition coefficient (Wildman–Crippen LogP) is 24.2. The van der Waals surface area contributed by atoms with Gasteiger partial charge in [0.1, 0.15) is 13.2 Å². The minimum Gasteiger partial charge on any atom is -0.462 e. The molecule has 6 nitrogen and oxygen atoms in total. The minimum absolute atomic E-state index is 0.0891. The van der Waals surface area contributed by atoms with Gasteiger partial charge in [0.2, 0.25) is 0 Å². The van der Waals surface area contributed by atoms with Crippen molar-refractivity contribution < 1.29 is 28.6 Å². The first-order valence-electron chi connectivity index (χ1n) is 34.9. The average molecular weight is 1140 g/mol. The lowest BCUT2D eigenvalue weighted by molar-refractivity contribution is -0.167. The Morgan fingerprint density at radius 2 is 0.476 bits per heavy atom. The van der Waals surface area contributed by atoms with Crippen LogP contribution < -0.4 is 0 Å². The van der Waals surface area contributed by atoms with E-state index in [0.29, 0.717) is 19.3 Å². The van der Waals surface area contributed by atoms with Crippen LogP contribution in [0.15, 0.2) is 109 Å². The first-order valence-corrected chi connectivity index (χ1v) is 34.9. The average Bonchev–Trinajstić information content (AvgIpc) is 3.47. The fourth-order valence-electron chi connectivity index (χ4n) is 9.77. The maximum Gasteiger partial charge on any atom is 0.306 e. The predicted molar refractivity (Wildman–Crippen MR) is 357 cm³/mol. The summed E-state index contributed by atoms with van der Waals surface area (Å²) >= 11 is 0. The second-order valence-corrected chi connectivity index (χ2v) is 23.1. The third-order valence-corrected chi connectivity index (χ3v) is 15.0. The molecule has 0 aromatic carbocycles. The summed E-state index contributed by atoms with van der Waals surface area (Å²) in [5.74, 6) is -0.908. The van der Waals surface area contributed by atoms with Crippen LogP contribution in [0, 0.1) is 0 Å². The van der Waals surface area contributed by atoms with Gasteiger partial charge < -0.3 is 14.2 Å². The number of hydrogen-bond donors (Lipinski definition) is 0. The lowest BCUT2D eigenvalue weighted by Crippen LogP contribution is -2.30. The fraction of sp³-hybridized carbons (Fsp3) is 0.724. The second kappa shape index (κ2) is 69.6. The molecule has 0 N–H and O–H groups in total. The molecule has 0 heterocycles. The molecule has 82 heavy (non-hydrogen) atoms. The quantitative estimate of drug-likeness (QED) is 0.0261. The number of carbonyl (C=O) groups is 3. The molecule has 0 saturated carbocycles. The molecule has 0 rings (SSSR count). The highest BCUT2D eigenvalue weighted by molar-refractivity contribution is 5.71. The summed E-state index contributed by atoms with van der Waals surface area (Å²) in [6.45, 7) is 6.52. The third kappa shape index (κ3) is 66.9. The van der Waals surface area contributed by atoms with E-state index in [2.05, 4.69) is 130 Å². The normalized spacial score (nSPS) is 12.8. The van der Waals surface area contributed by atoms with Gasteiger partial charge in [-0.25, -0.2) is 0 Å². The Morgan fingerprint density at radius 3 is 0.756 bits per heavy atom. The van der Waals surface area contributed by atoms with Crippen LogP contribution in [0.4, 0.5) is 0 Å². The molecule has 0 fully saturated rings. The van der Waals surface area contributed by atoms with Crippen LogP contribution in [0.3, 0.4) is 0 Å². The molecule has 0 aliphatic carbocycles. The standard InChI is InChI=1S/C76H130O6/c1-4-7-10-13-16-19-22-25-28-31-34-36-38-40-42-45-48-51-54-57-60-63-66-69-75(78)81-72-73(71-80-74(77)68-65-62-59-56-53-50-47-44-33-30-27-24-21-18-15-12-9-6-3)82-76(79)70-67-64-61-58-55-52-49-46-43-41-39-37-35-32-29-26-23-20-17-14-11-8-5-2/h7,10,16,19,23,25-26,28,30,32-36,40,42,48,51,73H,4-6,8-9,11-15,17-18,20-22,24,27,29,31,37-39,41,43-47,49-50,52-72H2,1-3H3/b10-7-,19-16-,26-23-,28-25-,33-30-,35-32-,36-34-,42-40-,51-48-. The molecule has 0 saturated heterocycles. The SMILES string of the molecule is CC/C=C\C/C=C\C/C=C\C/C=C\C/C=C\C/C=C\CCCCCCC(=O)OCC(COC(=O)CCCCCCCCC/C=C\CCCCCCCCC)OC(=O)CCCCCCCCCCCCC/C=C\C/C=C\CCCCCCC. The summed E-state index contributed by atoms with van der Waals surface area (Å²) < 4.78 is 17.0. The Bertz CT molecular complexity index is 1640. The number of rotatable bonds is 63. The molecule has 0 radical (unpaired) electrons. The molecule has 0 amide bonds. The third-order valence-electron chi connectivity index (χ3n) is 15.0. The number of esters is 3. The monoisotopic (exact) mass is 1140 g/mol. The molecule has 0 spiro atoms. The van der Waals surface area contributed by atoms with Crippen LogP contribution >= 0.6 is 0 Å². The molecule has 0 aromatic rings. The first-order chi connectivity index (χ1) is 40.5. The van der Waals surface area contributed by atoms with E-state index >= 15 is 0 Å². The smallest absolute Gasteiger partial charge is 0.306 e. The molecule has 0 aliphatic rings. The maximum atomic E-state index is 13.0. The van der Waals surface area contributed by atoms with Crippen molar-refractivity contribution in [3.63, 3.8) is 0 Å². The Hall–Kier alpha value is -3.93. The highest BCUT2D eigenvalue weighted by Gasteiger charge is 2.19. The van der Waals surface area contributed by atoms with E-state index < -0.39 is 6.10 Å². The van der Waals surface area contributed by atoms with Crippen molar-refractivity contribution in [2.75, 3.05) is 13.2 Å². The van der Waals surface area contributed by atoms with Crippen LogP contribution in [0.2, 0.25) is 0 Å². The van der Waals surface area contributed by atoms with Gasteiger partial charge in [-0.2, -0.15) is 0 Å². The zero-order valence-electron chi connectivity index (χ0n) is 54.0. The van der Waals surface area contributed by atoms with Crippen molar-refractivity contribution in [2.45, 2.75) is 341 Å². The van der Waals surface area contributed by atoms with Gasteiger partial charge in [-0.05, 0) is 128 Å². The summed E-state index contributed by atoms with van der Waals surface area (Å²) in [5.41, 5.74) is 0. The van der Waals surface area contributed by atoms with Crippen LogP contribution in [-0.2, 0) is 28.6 Å². The van der Waals surface area contributed by atoms with Gasteiger partial charge >= 0.3 is 17.9 Å². The fourth-order valence-corrected chi connectivity index (χ4v) is 9.77. The largest absolute Gasteiger partial charge is 0.462 e. The zero-order chi connectivity index (χ0) is 59.2. The Morgan fingerprint density at radius 1 is 0.256 bits per heavy atom. The summed E-state index contributed by atoms with van der Waals surface area (Å²) in [5, 5.41) is 0. The van der Waals surface area contributed by atoms with E-state index in [1.807, 2.05) is 0 Å². The number of allylic oxidation sites excluding steroid dienone is 18. The van der Waals surface area contributed by atoms with Gasteiger partial charge in [0.05, 0.1) is 0 Å². The summed E-state index contributed by atoms with van der Waals surface area (Å²) in [4.78, 5) is 38.5. The van der Waals surface area contributed by atoms with Gasteiger partial charge in [0.25, 0.3) is 0 Å². The topological polar surface area (TPSA) is 78.9 Å². The van der Waals surface area contributed by atoms with E-state index in [4.69, 9.17) is 14.2 Å². The molecular weight excluding hydrogens is 1010 g/mol. The number of hydrogen-bond acceptors (Lipinski definition) is 6. The molecule has 470 valence electrons. The lowest BCUT2D eigenvalue weighted by atomic mass is 10.0. The van der Waals surface area contributed by atoms with Gasteiger partial charge in [0.15, 0.2) is 6.10 Å². The summed E-state index contributed by atoms with van der Waals surface area (Å²) in [6.07, 6.45) is 95.3. The zero-order valence-corrected chi connectivity index (χ0v) is 54.0. The molecule has 0 aliphatic heterocycles. The molecule has 6 heteroatoms. The lowest BCUT2D eigenvalue weighted by Gasteiger charge is -2.18. The summed E-state index contributed by atoms with van der Waals surface area (Å²) in [6, 6.07) is 0. The number of unbranched alkanes of at least 4 members (excludes halogenated alkanes) is 34. The van der Waals surface area contributed by atoms with Crippen molar-refractivity contribution >= 4 is 17.9 Å².